The molecule has 48 heavy (non-hydrogen) atoms. The van der Waals surface area contributed by atoms with Crippen LogP contribution in [0.2, 0.25) is 0 Å². The second-order valence-electron chi connectivity index (χ2n) is 13.9. The quantitative estimate of drug-likeness (QED) is 0.0215. The normalized spacial score (nSPS) is 14.0. The van der Waals surface area contributed by atoms with E-state index in [2.05, 4.69) is 38.2 Å². The Kier molecular flexibility index (Phi) is 30.5. The number of phosphoric ester groups is 1. The fourth-order valence-electron chi connectivity index (χ4n) is 4.92. The summed E-state index contributed by atoms with van der Waals surface area (Å²) in [6.45, 7) is 4.14. The molecule has 0 aliphatic carbocycles. The van der Waals surface area contributed by atoms with Gasteiger partial charge in [-0.25, -0.2) is 0 Å². The number of nitrogens with zero attached hydrogens (tertiary/aromatic N) is 1. The first-order valence-corrected chi connectivity index (χ1v) is 20.5. The molecular weight excluding hydrogens is 629 g/mol. The molecule has 0 aromatic heterocycles. The average molecular weight is 702 g/mol. The van der Waals surface area contributed by atoms with E-state index in [-0.39, 0.29) is 26.1 Å². The maximum atomic E-state index is 12.6. The van der Waals surface area contributed by atoms with Crippen LogP contribution in [0.15, 0.2) is 24.3 Å². The lowest BCUT2D eigenvalue weighted by atomic mass is 10.1. The van der Waals surface area contributed by atoms with Gasteiger partial charge in [0.2, 0.25) is 0 Å². The van der Waals surface area contributed by atoms with Gasteiger partial charge >= 0.3 is 11.9 Å². The van der Waals surface area contributed by atoms with Crippen molar-refractivity contribution in [2.45, 2.75) is 161 Å². The van der Waals surface area contributed by atoms with Gasteiger partial charge in [-0.15, -0.1) is 0 Å². The number of hydrogen-bond acceptors (Lipinski definition) is 8. The first-order valence-electron chi connectivity index (χ1n) is 19.0. The van der Waals surface area contributed by atoms with E-state index in [1.54, 1.807) is 0 Å². The van der Waals surface area contributed by atoms with Gasteiger partial charge in [-0.2, -0.15) is 0 Å². The van der Waals surface area contributed by atoms with Crippen LogP contribution < -0.4 is 4.89 Å². The van der Waals surface area contributed by atoms with E-state index in [4.69, 9.17) is 18.5 Å². The van der Waals surface area contributed by atoms with E-state index in [0.717, 1.165) is 44.9 Å². The number of hydrogen-bond donors (Lipinski definition) is 0. The van der Waals surface area contributed by atoms with Gasteiger partial charge in [0, 0.05) is 12.8 Å². The van der Waals surface area contributed by atoms with Crippen molar-refractivity contribution in [3.63, 3.8) is 0 Å². The molecule has 0 radical (unpaired) electrons. The van der Waals surface area contributed by atoms with Crippen LogP contribution in [0.1, 0.15) is 155 Å². The molecule has 0 rings (SSSR count). The fraction of sp³-hybridized carbons (Fsp3) is 0.842. The molecule has 0 spiro atoms. The molecule has 0 saturated carbocycles. The van der Waals surface area contributed by atoms with Crippen molar-refractivity contribution in [2.75, 3.05) is 47.5 Å². The lowest BCUT2D eigenvalue weighted by molar-refractivity contribution is -0.870. The summed E-state index contributed by atoms with van der Waals surface area (Å²) in [5.41, 5.74) is 0. The molecule has 0 aliphatic rings. The summed E-state index contributed by atoms with van der Waals surface area (Å²) >= 11 is 0. The maximum absolute atomic E-state index is 12.6. The van der Waals surface area contributed by atoms with Crippen LogP contribution in [-0.4, -0.2) is 70.0 Å². The number of quaternary nitrogens is 1. The lowest BCUT2D eigenvalue weighted by Gasteiger charge is -2.28. The van der Waals surface area contributed by atoms with Crippen molar-refractivity contribution < 1.29 is 42.1 Å². The van der Waals surface area contributed by atoms with Crippen LogP contribution in [0.3, 0.4) is 0 Å². The number of carbonyl (C=O) groups is 2. The topological polar surface area (TPSA) is 111 Å². The van der Waals surface area contributed by atoms with Gasteiger partial charge in [0.1, 0.15) is 19.8 Å². The number of allylic oxidation sites excluding steroid dienone is 4. The summed E-state index contributed by atoms with van der Waals surface area (Å²) in [7, 11) is 1.15. The van der Waals surface area contributed by atoms with Gasteiger partial charge in [-0.1, -0.05) is 122 Å². The number of ether oxygens (including phenoxy) is 2. The lowest BCUT2D eigenvalue weighted by Crippen LogP contribution is -2.37. The molecule has 0 N–H and O–H groups in total. The third kappa shape index (κ3) is 34.4. The van der Waals surface area contributed by atoms with Crippen LogP contribution in [0.25, 0.3) is 0 Å². The summed E-state index contributed by atoms with van der Waals surface area (Å²) in [6.07, 6.45) is 30.7. The van der Waals surface area contributed by atoms with E-state index in [9.17, 15) is 19.0 Å². The Balaban J connectivity index is 4.49. The summed E-state index contributed by atoms with van der Waals surface area (Å²) in [5, 5.41) is 0. The first kappa shape index (κ1) is 46.5. The minimum Gasteiger partial charge on any atom is -0.756 e. The molecule has 1 unspecified atom stereocenters. The highest BCUT2D eigenvalue weighted by atomic mass is 31.2. The molecular formula is C38H72NO8P. The fourth-order valence-corrected chi connectivity index (χ4v) is 5.65. The zero-order chi connectivity index (χ0) is 35.8. The predicted molar refractivity (Wildman–Crippen MR) is 194 cm³/mol. The molecule has 0 aromatic carbocycles. The Hall–Kier alpha value is -1.51. The average Bonchev–Trinajstić information content (AvgIpc) is 3.02. The first-order chi connectivity index (χ1) is 23.0. The van der Waals surface area contributed by atoms with Gasteiger partial charge in [0.15, 0.2) is 6.10 Å². The maximum Gasteiger partial charge on any atom is 0.306 e. The molecule has 0 bridgehead atoms. The Labute approximate surface area is 294 Å². The number of esters is 2. The van der Waals surface area contributed by atoms with Crippen LogP contribution in [-0.2, 0) is 32.7 Å². The number of rotatable bonds is 34. The number of unbranched alkanes of at least 4 members (excludes halogenated alkanes) is 16. The highest BCUT2D eigenvalue weighted by Gasteiger charge is 2.21. The molecule has 0 saturated heterocycles. The molecule has 9 nitrogen and oxygen atoms in total. The van der Waals surface area contributed by atoms with E-state index >= 15 is 0 Å². The standard InChI is InChI=1S/C38H72NO8P/c1-6-8-10-12-14-16-17-18-19-20-21-23-25-27-29-31-38(41)47-36(35-46-48(42,43)45-33-32-39(3,4)5)34-44-37(40)30-28-26-24-22-15-13-11-9-7-2/h18-19,21,23,36H,6-17,20,22,24-35H2,1-5H3/b19-18+,23-21+/t36-/m1/s1. The monoisotopic (exact) mass is 701 g/mol. The van der Waals surface area contributed by atoms with Crippen molar-refractivity contribution in [1.29, 1.82) is 0 Å². The molecule has 2 atom stereocenters. The molecule has 0 fully saturated rings. The predicted octanol–water partition coefficient (Wildman–Crippen LogP) is 9.38. The Morgan fingerprint density at radius 2 is 1.12 bits per heavy atom. The summed E-state index contributed by atoms with van der Waals surface area (Å²) < 4.78 is 33.6. The minimum absolute atomic E-state index is 0.0353. The van der Waals surface area contributed by atoms with Gasteiger partial charge in [0.05, 0.1) is 27.7 Å². The summed E-state index contributed by atoms with van der Waals surface area (Å²) in [5.74, 6) is -0.876. The highest BCUT2D eigenvalue weighted by Crippen LogP contribution is 2.38. The van der Waals surface area contributed by atoms with Crippen LogP contribution in [0.5, 0.6) is 0 Å². The Morgan fingerprint density at radius 1 is 0.646 bits per heavy atom. The summed E-state index contributed by atoms with van der Waals surface area (Å²) in [4.78, 5) is 37.2. The molecule has 0 aliphatic heterocycles. The second-order valence-corrected chi connectivity index (χ2v) is 15.4. The number of phosphoric acid groups is 1. The van der Waals surface area contributed by atoms with Crippen LogP contribution in [0.4, 0.5) is 0 Å². The van der Waals surface area contributed by atoms with E-state index in [1.807, 2.05) is 21.1 Å². The van der Waals surface area contributed by atoms with Crippen molar-refractivity contribution in [3.8, 4) is 0 Å². The van der Waals surface area contributed by atoms with Crippen LogP contribution in [0, 0.1) is 0 Å². The molecule has 0 aromatic rings. The SMILES string of the molecule is CCCCCCCC/C=C/C/C=C/CCCCC(=O)O[C@H](COC(=O)CCCCCCCCCCC)COP(=O)([O-])OCC[N+](C)(C)C. The molecule has 282 valence electrons. The Bertz CT molecular complexity index is 886. The van der Waals surface area contributed by atoms with Crippen molar-refractivity contribution in [2.24, 2.45) is 0 Å². The third-order valence-corrected chi connectivity index (χ3v) is 8.94. The minimum atomic E-state index is -4.62. The van der Waals surface area contributed by atoms with Crippen molar-refractivity contribution >= 4 is 19.8 Å². The summed E-state index contributed by atoms with van der Waals surface area (Å²) in [6, 6.07) is 0. The van der Waals surface area contributed by atoms with E-state index in [0.29, 0.717) is 17.4 Å². The molecule has 10 heteroatoms. The van der Waals surface area contributed by atoms with E-state index < -0.39 is 32.5 Å². The smallest absolute Gasteiger partial charge is 0.306 e. The number of carbonyl (C=O) groups excluding carboxylic acids is 2. The van der Waals surface area contributed by atoms with Gasteiger partial charge in [-0.3, -0.25) is 14.2 Å². The number of likely N-dealkylation sites (N-methyl/N-ethyl adjacent to an activating group) is 1. The van der Waals surface area contributed by atoms with Gasteiger partial charge in [-0.05, 0) is 44.9 Å². The van der Waals surface area contributed by atoms with Gasteiger partial charge < -0.3 is 27.9 Å². The van der Waals surface area contributed by atoms with Crippen molar-refractivity contribution in [1.82, 2.24) is 0 Å². The molecule has 0 heterocycles. The zero-order valence-electron chi connectivity index (χ0n) is 31.4. The van der Waals surface area contributed by atoms with Gasteiger partial charge in [0.25, 0.3) is 7.82 Å². The highest BCUT2D eigenvalue weighted by molar-refractivity contribution is 7.45. The Morgan fingerprint density at radius 3 is 1.69 bits per heavy atom. The third-order valence-electron chi connectivity index (χ3n) is 7.97. The van der Waals surface area contributed by atoms with E-state index in [1.165, 1.54) is 77.0 Å². The largest absolute Gasteiger partial charge is 0.756 e. The molecule has 0 amide bonds. The zero-order valence-corrected chi connectivity index (χ0v) is 32.3. The second kappa shape index (κ2) is 31.5. The van der Waals surface area contributed by atoms with Crippen molar-refractivity contribution in [3.05, 3.63) is 24.3 Å². The van der Waals surface area contributed by atoms with Crippen LogP contribution >= 0.6 is 7.82 Å².